The number of nitrogens with one attached hydrogen (secondary N) is 1. The fourth-order valence-corrected chi connectivity index (χ4v) is 1.22. The van der Waals surface area contributed by atoms with E-state index >= 15 is 0 Å². The van der Waals surface area contributed by atoms with E-state index in [1.807, 2.05) is 4.57 Å². The molecular formula is C6H10N4. The van der Waals surface area contributed by atoms with Crippen LogP contribution in [0.5, 0.6) is 0 Å². The van der Waals surface area contributed by atoms with Gasteiger partial charge in [-0.1, -0.05) is 0 Å². The average Bonchev–Trinajstić information content (AvgIpc) is 2.34. The Balaban J connectivity index is 2.45. The Bertz CT molecular complexity index is 240. The molecular weight excluding hydrogens is 128 g/mol. The highest BCUT2D eigenvalue weighted by Gasteiger charge is 2.09. The van der Waals surface area contributed by atoms with E-state index in [1.54, 1.807) is 6.20 Å². The largest absolute Gasteiger partial charge is 0.370 e. The van der Waals surface area contributed by atoms with Crippen molar-refractivity contribution >= 4 is 11.8 Å². The van der Waals surface area contributed by atoms with E-state index in [-0.39, 0.29) is 0 Å². The van der Waals surface area contributed by atoms with E-state index in [4.69, 9.17) is 5.73 Å². The lowest BCUT2D eigenvalue weighted by Crippen LogP contribution is -2.17. The van der Waals surface area contributed by atoms with E-state index in [9.17, 15) is 0 Å². The SMILES string of the molecule is Nc1ncc2n1CCCN2. The molecule has 54 valence electrons. The lowest BCUT2D eigenvalue weighted by Gasteiger charge is -2.16. The molecule has 1 aliphatic heterocycles. The summed E-state index contributed by atoms with van der Waals surface area (Å²) in [4.78, 5) is 3.98. The molecule has 3 N–H and O–H groups in total. The van der Waals surface area contributed by atoms with Crippen LogP contribution in [0.1, 0.15) is 6.42 Å². The van der Waals surface area contributed by atoms with Crippen LogP contribution in [0.25, 0.3) is 0 Å². The van der Waals surface area contributed by atoms with Crippen molar-refractivity contribution in [2.24, 2.45) is 0 Å². The van der Waals surface area contributed by atoms with Crippen molar-refractivity contribution in [2.45, 2.75) is 13.0 Å². The molecule has 2 heterocycles. The number of nitrogen functional groups attached to an aromatic ring is 1. The third-order valence-corrected chi connectivity index (χ3v) is 1.75. The number of fused-ring (bicyclic) bond motifs is 1. The summed E-state index contributed by atoms with van der Waals surface area (Å²) in [5.41, 5.74) is 5.57. The molecule has 0 amide bonds. The van der Waals surface area contributed by atoms with Crippen molar-refractivity contribution in [1.82, 2.24) is 9.55 Å². The zero-order valence-corrected chi connectivity index (χ0v) is 5.67. The molecule has 0 bridgehead atoms. The number of hydrogen-bond acceptors (Lipinski definition) is 3. The minimum absolute atomic E-state index is 0.613. The van der Waals surface area contributed by atoms with E-state index in [0.717, 1.165) is 25.3 Å². The molecule has 0 aromatic carbocycles. The predicted octanol–water partition coefficient (Wildman–Crippen LogP) is 0.281. The highest BCUT2D eigenvalue weighted by Crippen LogP contribution is 2.16. The highest BCUT2D eigenvalue weighted by molar-refractivity contribution is 5.42. The number of nitrogens with zero attached hydrogens (tertiary/aromatic N) is 2. The lowest BCUT2D eigenvalue weighted by molar-refractivity contribution is 0.638. The maximum atomic E-state index is 5.57. The number of hydrogen-bond donors (Lipinski definition) is 2. The Morgan fingerprint density at radius 2 is 2.60 bits per heavy atom. The molecule has 2 rings (SSSR count). The summed E-state index contributed by atoms with van der Waals surface area (Å²) in [5, 5.41) is 3.20. The fourth-order valence-electron chi connectivity index (χ4n) is 1.22. The maximum absolute atomic E-state index is 5.57. The summed E-state index contributed by atoms with van der Waals surface area (Å²) in [6.07, 6.45) is 2.90. The van der Waals surface area contributed by atoms with Gasteiger partial charge in [-0.15, -0.1) is 0 Å². The topological polar surface area (TPSA) is 55.9 Å². The van der Waals surface area contributed by atoms with Gasteiger partial charge in [0.1, 0.15) is 5.82 Å². The fraction of sp³-hybridized carbons (Fsp3) is 0.500. The number of anilines is 2. The van der Waals surface area contributed by atoms with Crippen molar-refractivity contribution in [3.8, 4) is 0 Å². The molecule has 1 aromatic rings. The first-order chi connectivity index (χ1) is 4.88. The maximum Gasteiger partial charge on any atom is 0.201 e. The van der Waals surface area contributed by atoms with Gasteiger partial charge in [-0.25, -0.2) is 4.98 Å². The van der Waals surface area contributed by atoms with E-state index in [0.29, 0.717) is 5.95 Å². The van der Waals surface area contributed by atoms with Crippen molar-refractivity contribution in [3.63, 3.8) is 0 Å². The summed E-state index contributed by atoms with van der Waals surface area (Å²) in [7, 11) is 0. The van der Waals surface area contributed by atoms with Crippen LogP contribution in [0.15, 0.2) is 6.20 Å². The second-order valence-electron chi connectivity index (χ2n) is 2.43. The van der Waals surface area contributed by atoms with Gasteiger partial charge in [-0.2, -0.15) is 0 Å². The van der Waals surface area contributed by atoms with Gasteiger partial charge >= 0.3 is 0 Å². The Morgan fingerprint density at radius 1 is 1.70 bits per heavy atom. The van der Waals surface area contributed by atoms with Crippen molar-refractivity contribution in [1.29, 1.82) is 0 Å². The van der Waals surface area contributed by atoms with Gasteiger partial charge in [0.05, 0.1) is 6.20 Å². The third kappa shape index (κ3) is 0.650. The van der Waals surface area contributed by atoms with Gasteiger partial charge in [0.15, 0.2) is 0 Å². The molecule has 1 aromatic heterocycles. The summed E-state index contributed by atoms with van der Waals surface area (Å²) in [6, 6.07) is 0. The first-order valence-electron chi connectivity index (χ1n) is 3.43. The number of nitrogens with two attached hydrogens (primary N) is 1. The van der Waals surface area contributed by atoms with E-state index in [2.05, 4.69) is 10.3 Å². The summed E-state index contributed by atoms with van der Waals surface area (Å²) < 4.78 is 1.99. The molecule has 0 fully saturated rings. The van der Waals surface area contributed by atoms with Crippen LogP contribution in [0.3, 0.4) is 0 Å². The van der Waals surface area contributed by atoms with Gasteiger partial charge in [-0.05, 0) is 6.42 Å². The Labute approximate surface area is 59.0 Å². The smallest absolute Gasteiger partial charge is 0.201 e. The quantitative estimate of drug-likeness (QED) is 0.541. The van der Waals surface area contributed by atoms with Gasteiger partial charge in [0, 0.05) is 13.1 Å². The molecule has 0 saturated heterocycles. The van der Waals surface area contributed by atoms with Crippen LogP contribution < -0.4 is 11.1 Å². The van der Waals surface area contributed by atoms with Crippen LogP contribution in [-0.4, -0.2) is 16.1 Å². The highest BCUT2D eigenvalue weighted by atomic mass is 15.2. The molecule has 10 heavy (non-hydrogen) atoms. The summed E-state index contributed by atoms with van der Waals surface area (Å²) in [6.45, 7) is 2.03. The van der Waals surface area contributed by atoms with E-state index in [1.165, 1.54) is 0 Å². The number of aromatic nitrogens is 2. The van der Waals surface area contributed by atoms with Crippen LogP contribution in [0.4, 0.5) is 11.8 Å². The average molecular weight is 138 g/mol. The summed E-state index contributed by atoms with van der Waals surface area (Å²) >= 11 is 0. The minimum Gasteiger partial charge on any atom is -0.370 e. The second kappa shape index (κ2) is 1.90. The second-order valence-corrected chi connectivity index (χ2v) is 2.43. The van der Waals surface area contributed by atoms with Gasteiger partial charge in [-0.3, -0.25) is 4.57 Å². The van der Waals surface area contributed by atoms with Crippen LogP contribution in [0.2, 0.25) is 0 Å². The van der Waals surface area contributed by atoms with Crippen molar-refractivity contribution < 1.29 is 0 Å². The van der Waals surface area contributed by atoms with Gasteiger partial charge in [0.25, 0.3) is 0 Å². The van der Waals surface area contributed by atoms with E-state index < -0.39 is 0 Å². The Morgan fingerprint density at radius 3 is 3.40 bits per heavy atom. The Hall–Kier alpha value is -1.19. The first kappa shape index (κ1) is 5.58. The predicted molar refractivity (Wildman–Crippen MR) is 39.7 cm³/mol. The monoisotopic (exact) mass is 138 g/mol. The van der Waals surface area contributed by atoms with Crippen LogP contribution in [-0.2, 0) is 6.54 Å². The standard InChI is InChI=1S/C6H10N4/c7-6-9-4-5-8-2-1-3-10(5)6/h4,8H,1-3H2,(H2,7,9). The molecule has 0 saturated carbocycles. The molecule has 4 nitrogen and oxygen atoms in total. The summed E-state index contributed by atoms with van der Waals surface area (Å²) in [5.74, 6) is 1.66. The molecule has 4 heteroatoms. The molecule has 0 radical (unpaired) electrons. The minimum atomic E-state index is 0.613. The van der Waals surface area contributed by atoms with Crippen molar-refractivity contribution in [3.05, 3.63) is 6.20 Å². The zero-order chi connectivity index (χ0) is 6.97. The molecule has 0 atom stereocenters. The number of imidazole rings is 1. The zero-order valence-electron chi connectivity index (χ0n) is 5.67. The molecule has 1 aliphatic rings. The molecule has 0 spiro atoms. The van der Waals surface area contributed by atoms with Crippen LogP contribution in [0, 0.1) is 0 Å². The van der Waals surface area contributed by atoms with Crippen LogP contribution >= 0.6 is 0 Å². The van der Waals surface area contributed by atoms with Crippen molar-refractivity contribution in [2.75, 3.05) is 17.6 Å². The normalized spacial score (nSPS) is 16.0. The number of rotatable bonds is 0. The van der Waals surface area contributed by atoms with Gasteiger partial charge in [0.2, 0.25) is 5.95 Å². The lowest BCUT2D eigenvalue weighted by atomic mass is 10.3. The van der Waals surface area contributed by atoms with Gasteiger partial charge < -0.3 is 11.1 Å². The molecule has 0 aliphatic carbocycles. The first-order valence-corrected chi connectivity index (χ1v) is 3.43. The Kier molecular flexibility index (Phi) is 1.06. The molecule has 0 unspecified atom stereocenters. The third-order valence-electron chi connectivity index (χ3n) is 1.75.